The number of ether oxygens (including phenoxy) is 1. The molecule has 3 rings (SSSR count). The van der Waals surface area contributed by atoms with Crippen molar-refractivity contribution in [1.29, 1.82) is 0 Å². The zero-order valence-corrected chi connectivity index (χ0v) is 10.3. The lowest BCUT2D eigenvalue weighted by molar-refractivity contribution is 0.411. The number of nitrogens with zero attached hydrogens (tertiary/aromatic N) is 4. The summed E-state index contributed by atoms with van der Waals surface area (Å²) in [7, 11) is 1.63. The highest BCUT2D eigenvalue weighted by atomic mass is 16.5. The molecule has 0 saturated heterocycles. The van der Waals surface area contributed by atoms with Gasteiger partial charge in [0.05, 0.1) is 7.11 Å². The fraction of sp³-hybridized carbons (Fsp3) is 0.0714. The Morgan fingerprint density at radius 2 is 2.05 bits per heavy atom. The SMILES string of the molecule is COc1cc[c]cc1-n1ccc(-c2ncccn2)n1. The maximum atomic E-state index is 5.30. The van der Waals surface area contributed by atoms with Gasteiger partial charge >= 0.3 is 0 Å². The molecule has 3 aromatic rings. The maximum Gasteiger partial charge on any atom is 0.180 e. The Balaban J connectivity index is 2.02. The van der Waals surface area contributed by atoms with Crippen molar-refractivity contribution in [3.05, 3.63) is 55.0 Å². The molecular weight excluding hydrogens is 240 g/mol. The largest absolute Gasteiger partial charge is 0.494 e. The minimum atomic E-state index is 0.597. The molecule has 0 spiro atoms. The van der Waals surface area contributed by atoms with E-state index >= 15 is 0 Å². The van der Waals surface area contributed by atoms with Gasteiger partial charge in [0.25, 0.3) is 0 Å². The summed E-state index contributed by atoms with van der Waals surface area (Å²) in [5.74, 6) is 1.34. The van der Waals surface area contributed by atoms with E-state index < -0.39 is 0 Å². The average molecular weight is 251 g/mol. The van der Waals surface area contributed by atoms with Crippen LogP contribution in [-0.2, 0) is 0 Å². The van der Waals surface area contributed by atoms with Gasteiger partial charge in [-0.15, -0.1) is 0 Å². The Hall–Kier alpha value is -2.69. The molecule has 0 aliphatic rings. The van der Waals surface area contributed by atoms with Gasteiger partial charge in [0.1, 0.15) is 17.1 Å². The van der Waals surface area contributed by atoms with Crippen molar-refractivity contribution < 1.29 is 4.74 Å². The number of methoxy groups -OCH3 is 1. The zero-order chi connectivity index (χ0) is 13.1. The molecule has 0 amide bonds. The van der Waals surface area contributed by atoms with Crippen molar-refractivity contribution >= 4 is 0 Å². The van der Waals surface area contributed by atoms with Gasteiger partial charge in [-0.3, -0.25) is 0 Å². The van der Waals surface area contributed by atoms with Gasteiger partial charge in [-0.05, 0) is 30.3 Å². The van der Waals surface area contributed by atoms with Gasteiger partial charge in [-0.1, -0.05) is 6.07 Å². The van der Waals surface area contributed by atoms with Crippen molar-refractivity contribution in [1.82, 2.24) is 19.7 Å². The van der Waals surface area contributed by atoms with Crippen LogP contribution in [0.3, 0.4) is 0 Å². The molecule has 0 aliphatic carbocycles. The van der Waals surface area contributed by atoms with Crippen molar-refractivity contribution in [2.24, 2.45) is 0 Å². The van der Waals surface area contributed by atoms with E-state index in [1.807, 2.05) is 24.4 Å². The van der Waals surface area contributed by atoms with E-state index in [1.54, 1.807) is 36.3 Å². The van der Waals surface area contributed by atoms with E-state index in [0.717, 1.165) is 11.4 Å². The summed E-state index contributed by atoms with van der Waals surface area (Å²) in [6, 6.07) is 12.1. The molecule has 5 heteroatoms. The fourth-order valence-corrected chi connectivity index (χ4v) is 1.77. The van der Waals surface area contributed by atoms with E-state index in [0.29, 0.717) is 11.5 Å². The number of hydrogen-bond acceptors (Lipinski definition) is 4. The Bertz CT molecular complexity index is 679. The molecule has 2 aromatic heterocycles. The molecule has 0 unspecified atom stereocenters. The minimum absolute atomic E-state index is 0.597. The quantitative estimate of drug-likeness (QED) is 0.715. The lowest BCUT2D eigenvalue weighted by Crippen LogP contribution is -1.99. The highest BCUT2D eigenvalue weighted by Crippen LogP contribution is 2.22. The second-order valence-corrected chi connectivity index (χ2v) is 3.82. The first-order valence-electron chi connectivity index (χ1n) is 5.76. The molecular formula is C14H11N4O. The molecule has 2 heterocycles. The first kappa shape index (κ1) is 11.4. The maximum absolute atomic E-state index is 5.30. The van der Waals surface area contributed by atoms with Gasteiger partial charge in [0.2, 0.25) is 0 Å². The molecule has 5 nitrogen and oxygen atoms in total. The predicted molar refractivity (Wildman–Crippen MR) is 70.0 cm³/mol. The highest BCUT2D eigenvalue weighted by molar-refractivity contribution is 5.51. The lowest BCUT2D eigenvalue weighted by Gasteiger charge is -2.07. The van der Waals surface area contributed by atoms with Crippen LogP contribution in [0.5, 0.6) is 5.75 Å². The molecule has 0 N–H and O–H groups in total. The fourth-order valence-electron chi connectivity index (χ4n) is 1.77. The van der Waals surface area contributed by atoms with E-state index in [4.69, 9.17) is 4.74 Å². The van der Waals surface area contributed by atoms with Crippen LogP contribution in [0.1, 0.15) is 0 Å². The van der Waals surface area contributed by atoms with E-state index in [-0.39, 0.29) is 0 Å². The molecule has 19 heavy (non-hydrogen) atoms. The van der Waals surface area contributed by atoms with E-state index in [9.17, 15) is 0 Å². The Labute approximate surface area is 110 Å². The monoisotopic (exact) mass is 251 g/mol. The minimum Gasteiger partial charge on any atom is -0.494 e. The number of aromatic nitrogens is 4. The standard InChI is InChI=1S/C14H11N4O/c1-19-13-6-3-2-5-12(13)18-10-7-11(17-18)14-15-8-4-9-16-14/h3-10H,1H3. The number of hydrogen-bond donors (Lipinski definition) is 0. The second kappa shape index (κ2) is 4.89. The predicted octanol–water partition coefficient (Wildman–Crippen LogP) is 2.14. The van der Waals surface area contributed by atoms with Crippen molar-refractivity contribution in [2.75, 3.05) is 7.11 Å². The first-order valence-corrected chi connectivity index (χ1v) is 5.76. The molecule has 0 aliphatic heterocycles. The van der Waals surface area contributed by atoms with Crippen LogP contribution in [0.2, 0.25) is 0 Å². The average Bonchev–Trinajstić information content (AvgIpc) is 2.98. The van der Waals surface area contributed by atoms with Crippen LogP contribution >= 0.6 is 0 Å². The van der Waals surface area contributed by atoms with Crippen LogP contribution < -0.4 is 4.74 Å². The van der Waals surface area contributed by atoms with Crippen LogP contribution in [0.4, 0.5) is 0 Å². The number of rotatable bonds is 3. The topological polar surface area (TPSA) is 52.8 Å². The third-order valence-electron chi connectivity index (χ3n) is 2.65. The van der Waals surface area contributed by atoms with Gasteiger partial charge in [0.15, 0.2) is 5.82 Å². The van der Waals surface area contributed by atoms with Crippen molar-refractivity contribution in [3.8, 4) is 23.0 Å². The normalized spacial score (nSPS) is 10.4. The second-order valence-electron chi connectivity index (χ2n) is 3.82. The molecule has 0 atom stereocenters. The summed E-state index contributed by atoms with van der Waals surface area (Å²) >= 11 is 0. The van der Waals surface area contributed by atoms with Crippen LogP contribution in [0.15, 0.2) is 48.9 Å². The first-order chi connectivity index (χ1) is 9.38. The van der Waals surface area contributed by atoms with Crippen LogP contribution in [0.25, 0.3) is 17.2 Å². The molecule has 0 bridgehead atoms. The van der Waals surface area contributed by atoms with Crippen LogP contribution in [0, 0.1) is 6.07 Å². The Morgan fingerprint density at radius 3 is 2.84 bits per heavy atom. The molecule has 0 saturated carbocycles. The third-order valence-corrected chi connectivity index (χ3v) is 2.65. The summed E-state index contributed by atoms with van der Waals surface area (Å²) in [4.78, 5) is 8.35. The van der Waals surface area contributed by atoms with Gasteiger partial charge in [0, 0.05) is 18.6 Å². The molecule has 1 aromatic carbocycles. The van der Waals surface area contributed by atoms with Gasteiger partial charge < -0.3 is 4.74 Å². The molecule has 0 fully saturated rings. The smallest absolute Gasteiger partial charge is 0.180 e. The summed E-state index contributed by atoms with van der Waals surface area (Å²) in [6.45, 7) is 0. The Kier molecular flexibility index (Phi) is 2.94. The number of benzene rings is 1. The summed E-state index contributed by atoms with van der Waals surface area (Å²) in [5.41, 5.74) is 1.54. The zero-order valence-electron chi connectivity index (χ0n) is 10.3. The third kappa shape index (κ3) is 2.18. The van der Waals surface area contributed by atoms with Crippen molar-refractivity contribution in [3.63, 3.8) is 0 Å². The summed E-state index contributed by atoms with van der Waals surface area (Å²) in [6.07, 6.45) is 5.23. The van der Waals surface area contributed by atoms with Gasteiger partial charge in [-0.25, -0.2) is 14.6 Å². The van der Waals surface area contributed by atoms with E-state index in [2.05, 4.69) is 21.1 Å². The Morgan fingerprint density at radius 1 is 1.21 bits per heavy atom. The lowest BCUT2D eigenvalue weighted by atomic mass is 10.3. The molecule has 93 valence electrons. The van der Waals surface area contributed by atoms with E-state index in [1.165, 1.54) is 0 Å². The van der Waals surface area contributed by atoms with Crippen LogP contribution in [-0.4, -0.2) is 26.9 Å². The van der Waals surface area contributed by atoms with Gasteiger partial charge in [-0.2, -0.15) is 5.10 Å². The summed E-state index contributed by atoms with van der Waals surface area (Å²) in [5, 5.41) is 4.45. The molecule has 1 radical (unpaired) electrons. The highest BCUT2D eigenvalue weighted by Gasteiger charge is 2.08. The van der Waals surface area contributed by atoms with Crippen molar-refractivity contribution in [2.45, 2.75) is 0 Å². The summed E-state index contributed by atoms with van der Waals surface area (Å²) < 4.78 is 7.03.